The lowest BCUT2D eigenvalue weighted by atomic mass is 10.1. The van der Waals surface area contributed by atoms with Crippen LogP contribution in [0.3, 0.4) is 0 Å². The summed E-state index contributed by atoms with van der Waals surface area (Å²) >= 11 is 0. The van der Waals surface area contributed by atoms with Gasteiger partial charge in [0.25, 0.3) is 5.56 Å². The van der Waals surface area contributed by atoms with E-state index in [9.17, 15) is 4.79 Å². The first kappa shape index (κ1) is 10.7. The minimum Gasteiger partial charge on any atom is -0.350 e. The molecule has 4 nitrogen and oxygen atoms in total. The molecule has 0 saturated heterocycles. The second-order valence-electron chi connectivity index (χ2n) is 5.30. The second kappa shape index (κ2) is 3.55. The van der Waals surface area contributed by atoms with Gasteiger partial charge in [0.05, 0.1) is 0 Å². The standard InChI is InChI=1S/C17H11N3O/c21-17-15-13(9-5-1-3-7-11(9)18-15)14-10-6-2-4-8-12(10)19-16(14)20-17/h1-8,18H,(H2,19,20,21). The van der Waals surface area contributed by atoms with E-state index < -0.39 is 0 Å². The summed E-state index contributed by atoms with van der Waals surface area (Å²) in [6.07, 6.45) is 0. The molecule has 0 bridgehead atoms. The summed E-state index contributed by atoms with van der Waals surface area (Å²) in [7, 11) is 0. The van der Waals surface area contributed by atoms with Crippen LogP contribution >= 0.6 is 0 Å². The first-order valence-electron chi connectivity index (χ1n) is 6.86. The van der Waals surface area contributed by atoms with E-state index in [-0.39, 0.29) is 5.56 Å². The van der Waals surface area contributed by atoms with Gasteiger partial charge in [-0.1, -0.05) is 36.4 Å². The van der Waals surface area contributed by atoms with Crippen LogP contribution < -0.4 is 5.56 Å². The summed E-state index contributed by atoms with van der Waals surface area (Å²) in [5.74, 6) is 0. The number of hydrogen-bond acceptors (Lipinski definition) is 1. The fourth-order valence-corrected chi connectivity index (χ4v) is 3.24. The average Bonchev–Trinajstić information content (AvgIpc) is 3.05. The summed E-state index contributed by atoms with van der Waals surface area (Å²) in [5.41, 5.74) is 3.32. The number of pyridine rings is 1. The van der Waals surface area contributed by atoms with E-state index in [1.165, 1.54) is 0 Å². The van der Waals surface area contributed by atoms with Crippen molar-refractivity contribution in [3.8, 4) is 0 Å². The van der Waals surface area contributed by atoms with Crippen LogP contribution in [0, 0.1) is 0 Å². The van der Waals surface area contributed by atoms with E-state index in [0.717, 1.165) is 38.2 Å². The van der Waals surface area contributed by atoms with E-state index in [0.29, 0.717) is 5.52 Å². The van der Waals surface area contributed by atoms with Gasteiger partial charge in [0.15, 0.2) is 0 Å². The van der Waals surface area contributed by atoms with Crippen LogP contribution in [0.25, 0.3) is 43.7 Å². The summed E-state index contributed by atoms with van der Waals surface area (Å²) in [4.78, 5) is 21.8. The highest BCUT2D eigenvalue weighted by Crippen LogP contribution is 2.33. The van der Waals surface area contributed by atoms with Crippen molar-refractivity contribution in [1.29, 1.82) is 0 Å². The quantitative estimate of drug-likeness (QED) is 0.396. The number of rotatable bonds is 0. The minimum atomic E-state index is -0.0970. The van der Waals surface area contributed by atoms with Crippen molar-refractivity contribution in [2.75, 3.05) is 0 Å². The fourth-order valence-electron chi connectivity index (χ4n) is 3.24. The summed E-state index contributed by atoms with van der Waals surface area (Å²) in [6.45, 7) is 0. The molecule has 0 aliphatic rings. The predicted molar refractivity (Wildman–Crippen MR) is 85.8 cm³/mol. The summed E-state index contributed by atoms with van der Waals surface area (Å²) in [6, 6.07) is 16.1. The molecule has 2 aromatic carbocycles. The Kier molecular flexibility index (Phi) is 1.81. The Balaban J connectivity index is 2.24. The van der Waals surface area contributed by atoms with Gasteiger partial charge in [0.2, 0.25) is 0 Å². The minimum absolute atomic E-state index is 0.0970. The Morgan fingerprint density at radius 2 is 1.29 bits per heavy atom. The van der Waals surface area contributed by atoms with Gasteiger partial charge in [0, 0.05) is 32.6 Å². The molecule has 100 valence electrons. The van der Waals surface area contributed by atoms with Gasteiger partial charge in [-0.25, -0.2) is 0 Å². The number of fused-ring (bicyclic) bond motifs is 7. The Morgan fingerprint density at radius 1 is 0.667 bits per heavy atom. The number of aromatic amines is 3. The first-order valence-corrected chi connectivity index (χ1v) is 6.86. The predicted octanol–water partition coefficient (Wildman–Crippen LogP) is 3.64. The number of hydrogen-bond donors (Lipinski definition) is 3. The Bertz CT molecular complexity index is 1210. The molecule has 0 aliphatic carbocycles. The topological polar surface area (TPSA) is 64.4 Å². The van der Waals surface area contributed by atoms with Crippen LogP contribution in [0.2, 0.25) is 0 Å². The third-order valence-corrected chi connectivity index (χ3v) is 4.13. The molecule has 3 heterocycles. The van der Waals surface area contributed by atoms with Crippen LogP contribution in [-0.4, -0.2) is 15.0 Å². The normalized spacial score (nSPS) is 12.0. The number of H-pyrrole nitrogens is 3. The molecule has 5 aromatic rings. The average molecular weight is 273 g/mol. The number of aromatic nitrogens is 3. The lowest BCUT2D eigenvalue weighted by Gasteiger charge is -1.95. The van der Waals surface area contributed by atoms with Crippen molar-refractivity contribution in [2.45, 2.75) is 0 Å². The van der Waals surface area contributed by atoms with Crippen LogP contribution in [0.4, 0.5) is 0 Å². The van der Waals surface area contributed by atoms with Gasteiger partial charge in [0.1, 0.15) is 11.2 Å². The SMILES string of the molecule is O=c1[nH]c2[nH]c3ccccc3c2c2c1[nH]c1ccccc12. The molecule has 0 atom stereocenters. The molecular weight excluding hydrogens is 262 g/mol. The molecule has 0 saturated carbocycles. The van der Waals surface area contributed by atoms with Crippen LogP contribution in [0.15, 0.2) is 53.3 Å². The monoisotopic (exact) mass is 273 g/mol. The van der Waals surface area contributed by atoms with Crippen molar-refractivity contribution in [3.05, 3.63) is 58.9 Å². The van der Waals surface area contributed by atoms with Gasteiger partial charge >= 0.3 is 0 Å². The number of para-hydroxylation sites is 2. The zero-order valence-corrected chi connectivity index (χ0v) is 11.0. The molecule has 0 radical (unpaired) electrons. The van der Waals surface area contributed by atoms with Crippen LogP contribution in [0.1, 0.15) is 0 Å². The fraction of sp³-hybridized carbons (Fsp3) is 0. The molecule has 21 heavy (non-hydrogen) atoms. The third-order valence-electron chi connectivity index (χ3n) is 4.13. The summed E-state index contributed by atoms with van der Waals surface area (Å²) < 4.78 is 0. The lowest BCUT2D eigenvalue weighted by molar-refractivity contribution is 1.28. The molecule has 5 rings (SSSR count). The van der Waals surface area contributed by atoms with Gasteiger partial charge in [-0.05, 0) is 12.1 Å². The molecule has 3 aromatic heterocycles. The highest BCUT2D eigenvalue weighted by molar-refractivity contribution is 6.26. The maximum absolute atomic E-state index is 12.3. The van der Waals surface area contributed by atoms with Gasteiger partial charge in [-0.3, -0.25) is 4.79 Å². The maximum atomic E-state index is 12.3. The highest BCUT2D eigenvalue weighted by atomic mass is 16.1. The lowest BCUT2D eigenvalue weighted by Crippen LogP contribution is -2.05. The zero-order valence-electron chi connectivity index (χ0n) is 11.0. The van der Waals surface area contributed by atoms with Crippen molar-refractivity contribution in [3.63, 3.8) is 0 Å². The van der Waals surface area contributed by atoms with Gasteiger partial charge in [-0.2, -0.15) is 0 Å². The molecule has 0 aliphatic heterocycles. The highest BCUT2D eigenvalue weighted by Gasteiger charge is 2.15. The maximum Gasteiger partial charge on any atom is 0.273 e. The summed E-state index contributed by atoms with van der Waals surface area (Å²) in [5, 5.41) is 4.26. The van der Waals surface area contributed by atoms with Crippen molar-refractivity contribution in [1.82, 2.24) is 15.0 Å². The Morgan fingerprint density at radius 3 is 2.05 bits per heavy atom. The van der Waals surface area contributed by atoms with E-state index in [1.54, 1.807) is 0 Å². The molecule has 0 unspecified atom stereocenters. The molecule has 0 amide bonds. The van der Waals surface area contributed by atoms with E-state index in [2.05, 4.69) is 27.1 Å². The largest absolute Gasteiger partial charge is 0.350 e. The van der Waals surface area contributed by atoms with Crippen molar-refractivity contribution >= 4 is 43.7 Å². The van der Waals surface area contributed by atoms with E-state index in [4.69, 9.17) is 0 Å². The second-order valence-corrected chi connectivity index (χ2v) is 5.30. The van der Waals surface area contributed by atoms with E-state index in [1.807, 2.05) is 36.4 Å². The van der Waals surface area contributed by atoms with E-state index >= 15 is 0 Å². The Hall–Kier alpha value is -3.01. The van der Waals surface area contributed by atoms with Gasteiger partial charge in [-0.15, -0.1) is 0 Å². The first-order chi connectivity index (χ1) is 10.3. The van der Waals surface area contributed by atoms with Crippen molar-refractivity contribution in [2.24, 2.45) is 0 Å². The smallest absolute Gasteiger partial charge is 0.273 e. The molecular formula is C17H11N3O. The molecule has 0 spiro atoms. The van der Waals surface area contributed by atoms with Gasteiger partial charge < -0.3 is 15.0 Å². The Labute approximate surface area is 118 Å². The van der Waals surface area contributed by atoms with Crippen LogP contribution in [-0.2, 0) is 0 Å². The van der Waals surface area contributed by atoms with Crippen LogP contribution in [0.5, 0.6) is 0 Å². The zero-order chi connectivity index (χ0) is 14.0. The third kappa shape index (κ3) is 1.26. The molecule has 3 N–H and O–H groups in total. The van der Waals surface area contributed by atoms with Crippen molar-refractivity contribution < 1.29 is 0 Å². The number of nitrogens with one attached hydrogen (secondary N) is 3. The molecule has 0 fully saturated rings. The molecule has 4 heteroatoms. The number of benzene rings is 2.